The molecule has 0 saturated carbocycles. The van der Waals surface area contributed by atoms with Crippen molar-refractivity contribution in [1.29, 1.82) is 0 Å². The summed E-state index contributed by atoms with van der Waals surface area (Å²) in [5, 5.41) is 2.96. The summed E-state index contributed by atoms with van der Waals surface area (Å²) in [4.78, 5) is 27.9. The molecule has 0 saturated heterocycles. The number of aryl methyl sites for hydroxylation is 2. The molecule has 1 atom stereocenters. The molecule has 1 heterocycles. The van der Waals surface area contributed by atoms with Gasteiger partial charge in [-0.3, -0.25) is 9.59 Å². The predicted octanol–water partition coefficient (Wildman–Crippen LogP) is 3.99. The largest absolute Gasteiger partial charge is 0.454 e. The topological polar surface area (TPSA) is 67.9 Å². The second kappa shape index (κ2) is 10.3. The summed E-state index contributed by atoms with van der Waals surface area (Å²) >= 11 is 0. The molecule has 0 spiro atoms. The van der Waals surface area contributed by atoms with E-state index in [-0.39, 0.29) is 24.6 Å². The minimum atomic E-state index is -0.507. The summed E-state index contributed by atoms with van der Waals surface area (Å²) in [6.45, 7) is 8.46. The van der Waals surface area contributed by atoms with Crippen LogP contribution in [-0.2, 0) is 22.6 Å². The monoisotopic (exact) mass is 424 g/mol. The van der Waals surface area contributed by atoms with Crippen LogP contribution in [0.5, 0.6) is 11.5 Å². The lowest BCUT2D eigenvalue weighted by Crippen LogP contribution is -2.50. The number of rotatable bonds is 9. The lowest BCUT2D eigenvalue weighted by molar-refractivity contribution is -0.141. The van der Waals surface area contributed by atoms with E-state index in [1.807, 2.05) is 70.2 Å². The molecular weight excluding hydrogens is 392 g/mol. The highest BCUT2D eigenvalue weighted by molar-refractivity contribution is 5.87. The molecule has 6 heteroatoms. The normalized spacial score (nSPS) is 13.2. The average molecular weight is 425 g/mol. The maximum Gasteiger partial charge on any atom is 0.243 e. The van der Waals surface area contributed by atoms with Crippen molar-refractivity contribution in [2.45, 2.75) is 65.6 Å². The second-order valence-electron chi connectivity index (χ2n) is 8.28. The summed E-state index contributed by atoms with van der Waals surface area (Å²) in [7, 11) is 0. The first-order chi connectivity index (χ1) is 14.9. The molecule has 2 aromatic rings. The molecule has 1 unspecified atom stereocenters. The van der Waals surface area contributed by atoms with Crippen LogP contribution in [-0.4, -0.2) is 35.6 Å². The zero-order chi connectivity index (χ0) is 22.4. The van der Waals surface area contributed by atoms with Crippen LogP contribution in [0, 0.1) is 6.92 Å². The number of hydrogen-bond acceptors (Lipinski definition) is 4. The molecule has 2 amide bonds. The van der Waals surface area contributed by atoms with Crippen molar-refractivity contribution in [3.8, 4) is 11.5 Å². The second-order valence-corrected chi connectivity index (χ2v) is 8.28. The Hall–Kier alpha value is -3.02. The Bertz CT molecular complexity index is 908. The Morgan fingerprint density at radius 1 is 1.03 bits per heavy atom. The standard InChI is InChI=1S/C25H32N2O4/c1-5-21(25(29)26-17(2)3)27(15-20-8-6-18(4)7-9-20)24(28)13-11-19-10-12-22-23(14-19)31-16-30-22/h6-10,12,14,17,21H,5,11,13,15-16H2,1-4H3,(H,26,29). The summed E-state index contributed by atoms with van der Waals surface area (Å²) in [5.41, 5.74) is 3.18. The van der Waals surface area contributed by atoms with Crippen LogP contribution in [0.1, 0.15) is 50.3 Å². The van der Waals surface area contributed by atoms with Gasteiger partial charge in [-0.15, -0.1) is 0 Å². The van der Waals surface area contributed by atoms with E-state index >= 15 is 0 Å². The zero-order valence-electron chi connectivity index (χ0n) is 18.8. The quantitative estimate of drug-likeness (QED) is 0.661. The summed E-state index contributed by atoms with van der Waals surface area (Å²) in [5.74, 6) is 1.29. The van der Waals surface area contributed by atoms with Gasteiger partial charge in [-0.1, -0.05) is 42.8 Å². The number of hydrogen-bond donors (Lipinski definition) is 1. The van der Waals surface area contributed by atoms with E-state index in [4.69, 9.17) is 9.47 Å². The Balaban J connectivity index is 1.75. The molecule has 6 nitrogen and oxygen atoms in total. The average Bonchev–Trinajstić information content (AvgIpc) is 3.20. The Labute approximate surface area is 184 Å². The molecule has 31 heavy (non-hydrogen) atoms. The number of nitrogens with zero attached hydrogens (tertiary/aromatic N) is 1. The van der Waals surface area contributed by atoms with Gasteiger partial charge >= 0.3 is 0 Å². The molecule has 1 N–H and O–H groups in total. The molecule has 1 aliphatic rings. The number of nitrogens with one attached hydrogen (secondary N) is 1. The van der Waals surface area contributed by atoms with Crippen molar-refractivity contribution in [1.82, 2.24) is 10.2 Å². The van der Waals surface area contributed by atoms with Crippen LogP contribution in [0.15, 0.2) is 42.5 Å². The van der Waals surface area contributed by atoms with E-state index in [0.29, 0.717) is 31.6 Å². The van der Waals surface area contributed by atoms with Gasteiger partial charge in [0.1, 0.15) is 6.04 Å². The van der Waals surface area contributed by atoms with Crippen LogP contribution in [0.3, 0.4) is 0 Å². The molecule has 0 fully saturated rings. The zero-order valence-corrected chi connectivity index (χ0v) is 18.8. The lowest BCUT2D eigenvalue weighted by atomic mass is 10.0. The first-order valence-electron chi connectivity index (χ1n) is 10.9. The highest BCUT2D eigenvalue weighted by Gasteiger charge is 2.28. The number of ether oxygens (including phenoxy) is 2. The number of amides is 2. The van der Waals surface area contributed by atoms with Crippen molar-refractivity contribution < 1.29 is 19.1 Å². The van der Waals surface area contributed by atoms with Crippen molar-refractivity contribution in [3.05, 3.63) is 59.2 Å². The van der Waals surface area contributed by atoms with Gasteiger partial charge in [0.15, 0.2) is 11.5 Å². The van der Waals surface area contributed by atoms with Gasteiger partial charge in [0, 0.05) is 19.0 Å². The minimum absolute atomic E-state index is 0.0199. The highest BCUT2D eigenvalue weighted by atomic mass is 16.7. The minimum Gasteiger partial charge on any atom is -0.454 e. The Morgan fingerprint density at radius 3 is 2.39 bits per heavy atom. The molecule has 166 valence electrons. The Morgan fingerprint density at radius 2 is 1.71 bits per heavy atom. The van der Waals surface area contributed by atoms with Gasteiger partial charge in [0.05, 0.1) is 0 Å². The van der Waals surface area contributed by atoms with Crippen molar-refractivity contribution in [2.24, 2.45) is 0 Å². The van der Waals surface area contributed by atoms with Crippen molar-refractivity contribution >= 4 is 11.8 Å². The lowest BCUT2D eigenvalue weighted by Gasteiger charge is -2.31. The fourth-order valence-corrected chi connectivity index (χ4v) is 3.68. The molecule has 0 radical (unpaired) electrons. The molecule has 0 bridgehead atoms. The van der Waals surface area contributed by atoms with Crippen LogP contribution >= 0.6 is 0 Å². The van der Waals surface area contributed by atoms with Crippen LogP contribution in [0.4, 0.5) is 0 Å². The third-order valence-electron chi connectivity index (χ3n) is 5.35. The van der Waals surface area contributed by atoms with Gasteiger partial charge in [-0.05, 0) is 56.9 Å². The fraction of sp³-hybridized carbons (Fsp3) is 0.440. The van der Waals surface area contributed by atoms with E-state index < -0.39 is 6.04 Å². The number of fused-ring (bicyclic) bond motifs is 1. The summed E-state index contributed by atoms with van der Waals surface area (Å²) < 4.78 is 10.8. The van der Waals surface area contributed by atoms with Gasteiger partial charge in [-0.2, -0.15) is 0 Å². The highest BCUT2D eigenvalue weighted by Crippen LogP contribution is 2.32. The fourth-order valence-electron chi connectivity index (χ4n) is 3.68. The summed E-state index contributed by atoms with van der Waals surface area (Å²) in [6.07, 6.45) is 1.44. The first kappa shape index (κ1) is 22.7. The van der Waals surface area contributed by atoms with E-state index in [0.717, 1.165) is 22.4 Å². The molecular formula is C25H32N2O4. The maximum absolute atomic E-state index is 13.3. The van der Waals surface area contributed by atoms with Crippen LogP contribution < -0.4 is 14.8 Å². The maximum atomic E-state index is 13.3. The van der Waals surface area contributed by atoms with Gasteiger partial charge in [0.2, 0.25) is 18.6 Å². The third kappa shape index (κ3) is 6.00. The SMILES string of the molecule is CCC(C(=O)NC(C)C)N(Cc1ccc(C)cc1)C(=O)CCc1ccc2c(c1)OCO2. The number of benzene rings is 2. The first-order valence-corrected chi connectivity index (χ1v) is 10.9. The molecule has 1 aliphatic heterocycles. The van der Waals surface area contributed by atoms with Gasteiger partial charge in [-0.25, -0.2) is 0 Å². The Kier molecular flexibility index (Phi) is 7.55. The van der Waals surface area contributed by atoms with Crippen molar-refractivity contribution in [3.63, 3.8) is 0 Å². The van der Waals surface area contributed by atoms with E-state index in [1.165, 1.54) is 0 Å². The number of carbonyl (C=O) groups is 2. The molecule has 0 aromatic heterocycles. The van der Waals surface area contributed by atoms with E-state index in [2.05, 4.69) is 5.32 Å². The van der Waals surface area contributed by atoms with E-state index in [1.54, 1.807) is 4.90 Å². The summed E-state index contributed by atoms with van der Waals surface area (Å²) in [6, 6.07) is 13.3. The van der Waals surface area contributed by atoms with Gasteiger partial charge < -0.3 is 19.7 Å². The smallest absolute Gasteiger partial charge is 0.243 e. The molecule has 2 aromatic carbocycles. The van der Waals surface area contributed by atoms with Gasteiger partial charge in [0.25, 0.3) is 0 Å². The molecule has 0 aliphatic carbocycles. The predicted molar refractivity (Wildman–Crippen MR) is 120 cm³/mol. The van der Waals surface area contributed by atoms with Crippen LogP contribution in [0.25, 0.3) is 0 Å². The number of carbonyl (C=O) groups excluding carboxylic acids is 2. The van der Waals surface area contributed by atoms with Crippen LogP contribution in [0.2, 0.25) is 0 Å². The van der Waals surface area contributed by atoms with Crippen molar-refractivity contribution in [2.75, 3.05) is 6.79 Å². The molecule has 3 rings (SSSR count). The van der Waals surface area contributed by atoms with E-state index in [9.17, 15) is 9.59 Å². The third-order valence-corrected chi connectivity index (χ3v) is 5.35.